The standard InChI is InChI=1S/C26H41BrN2O3/c1-3-29(26(31)19-30)23-8-6-20(7-9-23)5-4-14-28-15-12-21(13-16-28)17-22-18-24(32-2)10-11-25(22)27/h10-11,18,20-21,23,30H,3-9,12-17,19H2,1-2H3/t20-,23-. The van der Waals surface area contributed by atoms with Crippen molar-refractivity contribution < 1.29 is 14.6 Å². The number of hydrogen-bond donors (Lipinski definition) is 1. The summed E-state index contributed by atoms with van der Waals surface area (Å²) in [6, 6.07) is 6.61. The van der Waals surface area contributed by atoms with Crippen molar-refractivity contribution in [3.63, 3.8) is 0 Å². The first-order valence-electron chi connectivity index (χ1n) is 12.5. The number of hydrogen-bond acceptors (Lipinski definition) is 4. The summed E-state index contributed by atoms with van der Waals surface area (Å²) in [5.41, 5.74) is 1.36. The van der Waals surface area contributed by atoms with Crippen LogP contribution in [0.2, 0.25) is 0 Å². The Bertz CT molecular complexity index is 713. The number of ether oxygens (including phenoxy) is 1. The highest BCUT2D eigenvalue weighted by Crippen LogP contribution is 2.32. The molecule has 2 aliphatic rings. The van der Waals surface area contributed by atoms with E-state index in [1.807, 2.05) is 17.9 Å². The fourth-order valence-electron chi connectivity index (χ4n) is 5.64. The third-order valence-electron chi connectivity index (χ3n) is 7.61. The fraction of sp³-hybridized carbons (Fsp3) is 0.731. The normalized spacial score (nSPS) is 22.6. The summed E-state index contributed by atoms with van der Waals surface area (Å²) < 4.78 is 6.59. The summed E-state index contributed by atoms with van der Waals surface area (Å²) in [5, 5.41) is 9.18. The molecule has 32 heavy (non-hydrogen) atoms. The second-order valence-corrected chi connectivity index (χ2v) is 10.5. The van der Waals surface area contributed by atoms with Gasteiger partial charge in [-0.3, -0.25) is 4.79 Å². The SMILES string of the molecule is CCN(C(=O)CO)[C@H]1CC[C@H](CCCN2CCC(Cc3cc(OC)ccc3Br)CC2)CC1. The van der Waals surface area contributed by atoms with Crippen LogP contribution in [0.4, 0.5) is 0 Å². The van der Waals surface area contributed by atoms with Crippen molar-refractivity contribution in [2.75, 3.05) is 39.9 Å². The van der Waals surface area contributed by atoms with Crippen LogP contribution in [0.5, 0.6) is 5.75 Å². The number of halogens is 1. The minimum Gasteiger partial charge on any atom is -0.497 e. The summed E-state index contributed by atoms with van der Waals surface area (Å²) >= 11 is 3.70. The summed E-state index contributed by atoms with van der Waals surface area (Å²) in [5.74, 6) is 2.39. The van der Waals surface area contributed by atoms with Crippen molar-refractivity contribution in [1.82, 2.24) is 9.80 Å². The number of methoxy groups -OCH3 is 1. The van der Waals surface area contributed by atoms with E-state index in [4.69, 9.17) is 4.74 Å². The molecule has 0 bridgehead atoms. The van der Waals surface area contributed by atoms with E-state index in [1.165, 1.54) is 68.2 Å². The molecule has 1 aliphatic heterocycles. The van der Waals surface area contributed by atoms with E-state index < -0.39 is 0 Å². The molecule has 3 rings (SSSR count). The predicted octanol–water partition coefficient (Wildman–Crippen LogP) is 4.89. The lowest BCUT2D eigenvalue weighted by molar-refractivity contribution is -0.137. The number of rotatable bonds is 10. The number of nitrogens with zero attached hydrogens (tertiary/aromatic N) is 2. The average Bonchev–Trinajstić information content (AvgIpc) is 2.83. The summed E-state index contributed by atoms with van der Waals surface area (Å²) in [4.78, 5) is 16.4. The van der Waals surface area contributed by atoms with Gasteiger partial charge in [-0.15, -0.1) is 0 Å². The number of carbonyl (C=O) groups is 1. The Hall–Kier alpha value is -1.11. The smallest absolute Gasteiger partial charge is 0.248 e. The van der Waals surface area contributed by atoms with Gasteiger partial charge in [-0.2, -0.15) is 0 Å². The molecular weight excluding hydrogens is 468 g/mol. The van der Waals surface area contributed by atoms with E-state index in [0.29, 0.717) is 12.6 Å². The van der Waals surface area contributed by atoms with Gasteiger partial charge in [0.1, 0.15) is 12.4 Å². The highest BCUT2D eigenvalue weighted by Gasteiger charge is 2.27. The Morgan fingerprint density at radius 1 is 1.16 bits per heavy atom. The maximum atomic E-state index is 11.9. The summed E-state index contributed by atoms with van der Waals surface area (Å²) in [7, 11) is 1.73. The third kappa shape index (κ3) is 7.19. The topological polar surface area (TPSA) is 53.0 Å². The lowest BCUT2D eigenvalue weighted by Crippen LogP contribution is -2.43. The van der Waals surface area contributed by atoms with Crippen molar-refractivity contribution in [3.05, 3.63) is 28.2 Å². The average molecular weight is 510 g/mol. The van der Waals surface area contributed by atoms with E-state index in [1.54, 1.807) is 7.11 Å². The Morgan fingerprint density at radius 3 is 2.50 bits per heavy atom. The molecule has 1 saturated carbocycles. The van der Waals surface area contributed by atoms with Crippen molar-refractivity contribution in [2.45, 2.75) is 70.8 Å². The number of aliphatic hydroxyl groups excluding tert-OH is 1. The van der Waals surface area contributed by atoms with Gasteiger partial charge >= 0.3 is 0 Å². The summed E-state index contributed by atoms with van der Waals surface area (Å²) in [6.07, 6.45) is 10.9. The number of benzene rings is 1. The van der Waals surface area contributed by atoms with Gasteiger partial charge in [-0.05, 0) is 120 Å². The zero-order valence-electron chi connectivity index (χ0n) is 19.9. The molecule has 180 valence electrons. The highest BCUT2D eigenvalue weighted by molar-refractivity contribution is 9.10. The molecule has 6 heteroatoms. The third-order valence-corrected chi connectivity index (χ3v) is 8.38. The molecule has 1 N–H and O–H groups in total. The lowest BCUT2D eigenvalue weighted by Gasteiger charge is -2.36. The monoisotopic (exact) mass is 508 g/mol. The van der Waals surface area contributed by atoms with E-state index >= 15 is 0 Å². The van der Waals surface area contributed by atoms with Gasteiger partial charge in [-0.25, -0.2) is 0 Å². The van der Waals surface area contributed by atoms with Crippen molar-refractivity contribution in [3.8, 4) is 5.75 Å². The van der Waals surface area contributed by atoms with E-state index in [2.05, 4.69) is 33.0 Å². The molecule has 1 aliphatic carbocycles. The number of piperidine rings is 1. The molecule has 0 aromatic heterocycles. The first kappa shape index (κ1) is 25.5. The number of aliphatic hydroxyl groups is 1. The number of likely N-dealkylation sites (tertiary alicyclic amines) is 1. The van der Waals surface area contributed by atoms with Gasteiger partial charge in [0.15, 0.2) is 0 Å². The molecule has 1 aromatic rings. The zero-order valence-corrected chi connectivity index (χ0v) is 21.5. The molecule has 0 radical (unpaired) electrons. The lowest BCUT2D eigenvalue weighted by atomic mass is 9.82. The van der Waals surface area contributed by atoms with Gasteiger partial charge in [0.25, 0.3) is 0 Å². The van der Waals surface area contributed by atoms with Crippen LogP contribution in [0.15, 0.2) is 22.7 Å². The van der Waals surface area contributed by atoms with Crippen molar-refractivity contribution in [1.29, 1.82) is 0 Å². The maximum absolute atomic E-state index is 11.9. The predicted molar refractivity (Wildman–Crippen MR) is 133 cm³/mol. The molecule has 0 atom stereocenters. The van der Waals surface area contributed by atoms with Crippen LogP contribution in [0.25, 0.3) is 0 Å². The Balaban J connectivity index is 1.32. The molecule has 2 fully saturated rings. The minimum atomic E-state index is -0.360. The summed E-state index contributed by atoms with van der Waals surface area (Å²) in [6.45, 7) is 6.01. The molecule has 1 aromatic carbocycles. The largest absolute Gasteiger partial charge is 0.497 e. The Labute approximate surface area is 202 Å². The van der Waals surface area contributed by atoms with Crippen LogP contribution in [0.1, 0.15) is 63.9 Å². The second-order valence-electron chi connectivity index (χ2n) is 9.60. The van der Waals surface area contributed by atoms with Crippen LogP contribution in [-0.4, -0.2) is 66.8 Å². The van der Waals surface area contributed by atoms with E-state index in [9.17, 15) is 9.90 Å². The Morgan fingerprint density at radius 2 is 1.88 bits per heavy atom. The van der Waals surface area contributed by atoms with Gasteiger partial charge in [-0.1, -0.05) is 15.9 Å². The van der Waals surface area contributed by atoms with Crippen LogP contribution < -0.4 is 4.74 Å². The van der Waals surface area contributed by atoms with Crippen molar-refractivity contribution >= 4 is 21.8 Å². The van der Waals surface area contributed by atoms with E-state index in [-0.39, 0.29) is 12.5 Å². The number of carbonyl (C=O) groups excluding carboxylic acids is 1. The van der Waals surface area contributed by atoms with Gasteiger partial charge in [0.2, 0.25) is 5.91 Å². The van der Waals surface area contributed by atoms with Crippen molar-refractivity contribution in [2.24, 2.45) is 11.8 Å². The maximum Gasteiger partial charge on any atom is 0.248 e. The molecule has 1 amide bonds. The van der Waals surface area contributed by atoms with Crippen LogP contribution in [-0.2, 0) is 11.2 Å². The van der Waals surface area contributed by atoms with Crippen LogP contribution in [0.3, 0.4) is 0 Å². The zero-order chi connectivity index (χ0) is 22.9. The fourth-order valence-corrected chi connectivity index (χ4v) is 6.05. The van der Waals surface area contributed by atoms with Gasteiger partial charge < -0.3 is 19.6 Å². The van der Waals surface area contributed by atoms with Gasteiger partial charge in [0.05, 0.1) is 7.11 Å². The molecule has 5 nitrogen and oxygen atoms in total. The number of likely N-dealkylation sites (N-methyl/N-ethyl adjacent to an activating group) is 1. The van der Waals surface area contributed by atoms with E-state index in [0.717, 1.165) is 36.8 Å². The van der Waals surface area contributed by atoms with Gasteiger partial charge in [0, 0.05) is 17.1 Å². The molecule has 1 saturated heterocycles. The second kappa shape index (κ2) is 13.0. The quantitative estimate of drug-likeness (QED) is 0.488. The van der Waals surface area contributed by atoms with Crippen LogP contribution in [0, 0.1) is 11.8 Å². The highest BCUT2D eigenvalue weighted by atomic mass is 79.9. The Kier molecular flexibility index (Phi) is 10.3. The molecule has 1 heterocycles. The first-order valence-corrected chi connectivity index (χ1v) is 13.3. The minimum absolute atomic E-state index is 0.113. The molecule has 0 unspecified atom stereocenters. The molecule has 0 spiro atoms. The first-order chi connectivity index (χ1) is 15.5. The number of amides is 1. The van der Waals surface area contributed by atoms with Crippen LogP contribution >= 0.6 is 15.9 Å². The molecular formula is C26H41BrN2O3.